The van der Waals surface area contributed by atoms with Gasteiger partial charge < -0.3 is 9.32 Å². The van der Waals surface area contributed by atoms with E-state index in [4.69, 9.17) is 4.42 Å². The molecule has 1 saturated heterocycles. The molecule has 1 amide bonds. The van der Waals surface area contributed by atoms with Crippen LogP contribution in [0.2, 0.25) is 0 Å². The fraction of sp³-hybridized carbons (Fsp3) is 0.500. The van der Waals surface area contributed by atoms with Crippen LogP contribution in [-0.4, -0.2) is 63.7 Å². The molecule has 2 atom stereocenters. The molecule has 3 rings (SSSR count). The van der Waals surface area contributed by atoms with Gasteiger partial charge in [0.1, 0.15) is 0 Å². The predicted molar refractivity (Wildman–Crippen MR) is 97.3 cm³/mol. The molecular formula is C16H20N4O4S2. The second kappa shape index (κ2) is 7.75. The van der Waals surface area contributed by atoms with Crippen molar-refractivity contribution in [1.29, 1.82) is 0 Å². The Labute approximate surface area is 156 Å². The van der Waals surface area contributed by atoms with Crippen molar-refractivity contribution in [2.75, 3.05) is 18.1 Å². The van der Waals surface area contributed by atoms with Crippen LogP contribution in [0.3, 0.4) is 0 Å². The van der Waals surface area contributed by atoms with Crippen LogP contribution in [0.15, 0.2) is 34.2 Å². The van der Waals surface area contributed by atoms with E-state index in [-0.39, 0.29) is 23.5 Å². The topological polar surface area (TPSA) is 106 Å². The molecular weight excluding hydrogens is 376 g/mol. The Morgan fingerprint density at radius 2 is 2.27 bits per heavy atom. The van der Waals surface area contributed by atoms with Crippen molar-refractivity contribution in [3.05, 3.63) is 24.5 Å². The highest BCUT2D eigenvalue weighted by atomic mass is 32.2. The highest BCUT2D eigenvalue weighted by molar-refractivity contribution is 8.00. The Hall–Kier alpha value is -1.94. The zero-order valence-electron chi connectivity index (χ0n) is 14.5. The second-order valence-corrected chi connectivity index (χ2v) is 9.58. The van der Waals surface area contributed by atoms with Gasteiger partial charge in [-0.3, -0.25) is 9.78 Å². The molecule has 3 heterocycles. The van der Waals surface area contributed by atoms with Gasteiger partial charge in [-0.25, -0.2) is 8.42 Å². The van der Waals surface area contributed by atoms with Gasteiger partial charge in [-0.1, -0.05) is 11.8 Å². The summed E-state index contributed by atoms with van der Waals surface area (Å²) >= 11 is 1.17. The maximum Gasteiger partial charge on any atom is 0.277 e. The predicted octanol–water partition coefficient (Wildman–Crippen LogP) is 1.65. The van der Waals surface area contributed by atoms with Gasteiger partial charge in [0.2, 0.25) is 11.8 Å². The van der Waals surface area contributed by atoms with Gasteiger partial charge in [0.05, 0.1) is 22.3 Å². The van der Waals surface area contributed by atoms with Crippen LogP contribution in [0.25, 0.3) is 11.5 Å². The number of rotatable bonds is 6. The van der Waals surface area contributed by atoms with Gasteiger partial charge in [0, 0.05) is 25.0 Å². The van der Waals surface area contributed by atoms with Crippen molar-refractivity contribution in [1.82, 2.24) is 20.1 Å². The smallest absolute Gasteiger partial charge is 0.277 e. The number of pyridine rings is 1. The monoisotopic (exact) mass is 396 g/mol. The number of nitrogens with zero attached hydrogens (tertiary/aromatic N) is 4. The fourth-order valence-corrected chi connectivity index (χ4v) is 5.40. The molecule has 0 unspecified atom stereocenters. The Kier molecular flexibility index (Phi) is 5.61. The normalized spacial score (nSPS) is 20.0. The fourth-order valence-electron chi connectivity index (χ4n) is 2.91. The molecule has 0 N–H and O–H groups in total. The van der Waals surface area contributed by atoms with Gasteiger partial charge in [0.25, 0.3) is 5.22 Å². The van der Waals surface area contributed by atoms with Gasteiger partial charge in [-0.15, -0.1) is 10.2 Å². The maximum absolute atomic E-state index is 12.8. The summed E-state index contributed by atoms with van der Waals surface area (Å²) in [6, 6.07) is 3.32. The lowest BCUT2D eigenvalue weighted by Crippen LogP contribution is -2.44. The zero-order chi connectivity index (χ0) is 18.7. The summed E-state index contributed by atoms with van der Waals surface area (Å²) in [7, 11) is -3.04. The molecule has 0 aromatic carbocycles. The summed E-state index contributed by atoms with van der Waals surface area (Å²) in [6.07, 6.45) is 3.76. The molecule has 8 nitrogen and oxygen atoms in total. The summed E-state index contributed by atoms with van der Waals surface area (Å²) < 4.78 is 29.0. The minimum absolute atomic E-state index is 0.0374. The van der Waals surface area contributed by atoms with Crippen LogP contribution in [0.5, 0.6) is 0 Å². The third-order valence-electron chi connectivity index (χ3n) is 4.21. The highest BCUT2D eigenvalue weighted by Crippen LogP contribution is 2.28. The summed E-state index contributed by atoms with van der Waals surface area (Å²) in [6.45, 7) is 4.08. The lowest BCUT2D eigenvalue weighted by molar-refractivity contribution is -0.131. The quantitative estimate of drug-likeness (QED) is 0.679. The average Bonchev–Trinajstić information content (AvgIpc) is 3.22. The first-order valence-corrected chi connectivity index (χ1v) is 11.0. The van der Waals surface area contributed by atoms with Crippen LogP contribution in [0, 0.1) is 0 Å². The second-order valence-electron chi connectivity index (χ2n) is 6.06. The Morgan fingerprint density at radius 3 is 2.88 bits per heavy atom. The number of carbonyl (C=O) groups excluding carboxylic acids is 1. The maximum atomic E-state index is 12.8. The summed E-state index contributed by atoms with van der Waals surface area (Å²) in [5, 5.41) is 7.78. The van der Waals surface area contributed by atoms with Crippen LogP contribution in [-0.2, 0) is 14.6 Å². The van der Waals surface area contributed by atoms with E-state index >= 15 is 0 Å². The van der Waals surface area contributed by atoms with E-state index in [1.54, 1.807) is 30.3 Å². The third kappa shape index (κ3) is 4.24. The minimum atomic E-state index is -3.04. The summed E-state index contributed by atoms with van der Waals surface area (Å²) in [5.74, 6) is 0.395. The molecule has 0 radical (unpaired) electrons. The van der Waals surface area contributed by atoms with Crippen molar-refractivity contribution in [2.45, 2.75) is 36.8 Å². The first-order valence-electron chi connectivity index (χ1n) is 8.31. The van der Waals surface area contributed by atoms with Crippen molar-refractivity contribution >= 4 is 27.5 Å². The molecule has 0 saturated carbocycles. The van der Waals surface area contributed by atoms with Crippen LogP contribution >= 0.6 is 11.8 Å². The summed E-state index contributed by atoms with van der Waals surface area (Å²) in [4.78, 5) is 18.4. The lowest BCUT2D eigenvalue weighted by atomic mass is 10.2. The number of thioether (sulfide) groups is 1. The Balaban J connectivity index is 1.66. The summed E-state index contributed by atoms with van der Waals surface area (Å²) in [5.41, 5.74) is 0.706. The molecule has 0 spiro atoms. The van der Waals surface area contributed by atoms with Crippen LogP contribution < -0.4 is 0 Å². The molecule has 2 aromatic heterocycles. The number of aromatic nitrogens is 3. The molecule has 1 fully saturated rings. The molecule has 1 aliphatic heterocycles. The van der Waals surface area contributed by atoms with E-state index in [0.29, 0.717) is 29.6 Å². The van der Waals surface area contributed by atoms with Crippen LogP contribution in [0.4, 0.5) is 0 Å². The van der Waals surface area contributed by atoms with E-state index in [2.05, 4.69) is 15.2 Å². The SMILES string of the molecule is CCN(C(=O)[C@H](C)Sc1nnc(-c2cccnc2)o1)[C@@H]1CCS(=O)(=O)C1. The number of carbonyl (C=O) groups is 1. The van der Waals surface area contributed by atoms with Crippen molar-refractivity contribution in [3.63, 3.8) is 0 Å². The standard InChI is InChI=1S/C16H20N4O4S2/c1-3-20(13-6-8-26(22,23)10-13)15(21)11(2)25-16-19-18-14(24-16)12-5-4-7-17-9-12/h4-5,7,9,11,13H,3,6,8,10H2,1-2H3/t11-,13+/m0/s1. The van der Waals surface area contributed by atoms with Gasteiger partial charge in [-0.2, -0.15) is 0 Å². The highest BCUT2D eigenvalue weighted by Gasteiger charge is 2.35. The number of hydrogen-bond donors (Lipinski definition) is 0. The molecule has 26 heavy (non-hydrogen) atoms. The van der Waals surface area contributed by atoms with Crippen LogP contribution in [0.1, 0.15) is 20.3 Å². The van der Waals surface area contributed by atoms with E-state index in [9.17, 15) is 13.2 Å². The number of amides is 1. The first kappa shape index (κ1) is 18.8. The minimum Gasteiger partial charge on any atom is -0.411 e. The molecule has 0 bridgehead atoms. The van der Waals surface area contributed by atoms with Gasteiger partial charge in [-0.05, 0) is 32.4 Å². The lowest BCUT2D eigenvalue weighted by Gasteiger charge is -2.28. The number of hydrogen-bond acceptors (Lipinski definition) is 8. The third-order valence-corrected chi connectivity index (χ3v) is 6.89. The zero-order valence-corrected chi connectivity index (χ0v) is 16.2. The van der Waals surface area contributed by atoms with E-state index < -0.39 is 15.1 Å². The Morgan fingerprint density at radius 1 is 1.46 bits per heavy atom. The largest absolute Gasteiger partial charge is 0.411 e. The average molecular weight is 396 g/mol. The molecule has 1 aliphatic rings. The van der Waals surface area contributed by atoms with Crippen molar-refractivity contribution in [3.8, 4) is 11.5 Å². The van der Waals surface area contributed by atoms with Gasteiger partial charge in [0.15, 0.2) is 9.84 Å². The Bertz CT molecular complexity index is 869. The molecule has 10 heteroatoms. The number of sulfone groups is 1. The van der Waals surface area contributed by atoms with Crippen molar-refractivity contribution < 1.29 is 17.6 Å². The van der Waals surface area contributed by atoms with E-state index in [1.165, 1.54) is 11.8 Å². The van der Waals surface area contributed by atoms with Gasteiger partial charge >= 0.3 is 0 Å². The molecule has 0 aliphatic carbocycles. The molecule has 2 aromatic rings. The van der Waals surface area contributed by atoms with E-state index in [1.807, 2.05) is 13.0 Å². The van der Waals surface area contributed by atoms with E-state index in [0.717, 1.165) is 0 Å². The first-order chi connectivity index (χ1) is 12.4. The molecule has 140 valence electrons. The van der Waals surface area contributed by atoms with Crippen molar-refractivity contribution in [2.24, 2.45) is 0 Å².